The van der Waals surface area contributed by atoms with Crippen LogP contribution in [-0.2, 0) is 16.4 Å². The standard InChI is InChI=1S/C20H19N5O3S2/c1-3-17-9-10-20(29-17)30(26,27)24-15-5-7-16(8-6-15)28-19-13-18(22-14(2)23-19)25-12-4-11-21-25/h4-13,24H,3H2,1-2H3. The first-order valence-corrected chi connectivity index (χ1v) is 11.5. The molecule has 1 N–H and O–H groups in total. The van der Waals surface area contributed by atoms with Gasteiger partial charge < -0.3 is 4.74 Å². The molecule has 0 bridgehead atoms. The van der Waals surface area contributed by atoms with Gasteiger partial charge in [-0.1, -0.05) is 6.92 Å². The number of nitrogens with one attached hydrogen (secondary N) is 1. The molecule has 1 aromatic carbocycles. The van der Waals surface area contributed by atoms with Gasteiger partial charge in [0.15, 0.2) is 5.82 Å². The summed E-state index contributed by atoms with van der Waals surface area (Å²) >= 11 is 1.27. The first-order valence-electron chi connectivity index (χ1n) is 9.18. The van der Waals surface area contributed by atoms with Gasteiger partial charge in [0, 0.05) is 29.0 Å². The first-order chi connectivity index (χ1) is 14.4. The lowest BCUT2D eigenvalue weighted by molar-refractivity contribution is 0.459. The summed E-state index contributed by atoms with van der Waals surface area (Å²) in [6, 6.07) is 13.6. The molecule has 0 spiro atoms. The highest BCUT2D eigenvalue weighted by Gasteiger charge is 2.17. The van der Waals surface area contributed by atoms with Crippen LogP contribution in [0.25, 0.3) is 5.82 Å². The van der Waals surface area contributed by atoms with Gasteiger partial charge in [0.2, 0.25) is 5.88 Å². The molecule has 30 heavy (non-hydrogen) atoms. The lowest BCUT2D eigenvalue weighted by Crippen LogP contribution is -2.11. The summed E-state index contributed by atoms with van der Waals surface area (Å²) in [5, 5.41) is 4.16. The van der Waals surface area contributed by atoms with E-state index in [0.29, 0.717) is 33.2 Å². The van der Waals surface area contributed by atoms with Gasteiger partial charge in [-0.05, 0) is 55.8 Å². The summed E-state index contributed by atoms with van der Waals surface area (Å²) in [6.07, 6.45) is 4.25. The van der Waals surface area contributed by atoms with E-state index in [1.165, 1.54) is 11.3 Å². The van der Waals surface area contributed by atoms with Crippen molar-refractivity contribution in [2.24, 2.45) is 0 Å². The number of nitrogens with zero attached hydrogens (tertiary/aromatic N) is 4. The second kappa shape index (κ2) is 8.25. The van der Waals surface area contributed by atoms with Crippen molar-refractivity contribution in [3.8, 4) is 17.4 Å². The van der Waals surface area contributed by atoms with Crippen LogP contribution in [0.4, 0.5) is 5.69 Å². The summed E-state index contributed by atoms with van der Waals surface area (Å²) in [5.41, 5.74) is 0.449. The quantitative estimate of drug-likeness (QED) is 0.462. The second-order valence-electron chi connectivity index (χ2n) is 6.37. The van der Waals surface area contributed by atoms with E-state index in [1.54, 1.807) is 66.5 Å². The van der Waals surface area contributed by atoms with E-state index >= 15 is 0 Å². The maximum atomic E-state index is 12.5. The van der Waals surface area contributed by atoms with Gasteiger partial charge in [0.1, 0.15) is 15.8 Å². The Morgan fingerprint density at radius 3 is 2.60 bits per heavy atom. The maximum Gasteiger partial charge on any atom is 0.271 e. The average molecular weight is 442 g/mol. The number of aryl methyl sites for hydroxylation is 2. The Morgan fingerprint density at radius 2 is 1.93 bits per heavy atom. The van der Waals surface area contributed by atoms with Crippen LogP contribution in [0.2, 0.25) is 0 Å². The molecule has 10 heteroatoms. The fraction of sp³-hybridized carbons (Fsp3) is 0.150. The normalized spacial score (nSPS) is 11.4. The van der Waals surface area contributed by atoms with E-state index in [-0.39, 0.29) is 0 Å². The van der Waals surface area contributed by atoms with Crippen LogP contribution in [-0.4, -0.2) is 28.2 Å². The molecular weight excluding hydrogens is 422 g/mol. The summed E-state index contributed by atoms with van der Waals surface area (Å²) in [6.45, 7) is 3.76. The van der Waals surface area contributed by atoms with E-state index in [2.05, 4.69) is 19.8 Å². The molecular formula is C20H19N5O3S2. The first kappa shape index (κ1) is 20.0. The number of benzene rings is 1. The number of aromatic nitrogens is 4. The van der Waals surface area contributed by atoms with Crippen LogP contribution in [0, 0.1) is 6.92 Å². The Morgan fingerprint density at radius 1 is 1.13 bits per heavy atom. The number of hydrogen-bond donors (Lipinski definition) is 1. The Hall–Kier alpha value is -3.24. The minimum absolute atomic E-state index is 0.294. The van der Waals surface area contributed by atoms with Crippen molar-refractivity contribution >= 4 is 27.0 Å². The molecule has 154 valence electrons. The molecule has 0 saturated carbocycles. The van der Waals surface area contributed by atoms with E-state index in [4.69, 9.17) is 4.74 Å². The largest absolute Gasteiger partial charge is 0.439 e. The van der Waals surface area contributed by atoms with Crippen molar-refractivity contribution in [1.82, 2.24) is 19.7 Å². The van der Waals surface area contributed by atoms with Crippen LogP contribution in [0.3, 0.4) is 0 Å². The number of sulfonamides is 1. The lowest BCUT2D eigenvalue weighted by Gasteiger charge is -2.09. The summed E-state index contributed by atoms with van der Waals surface area (Å²) in [5.74, 6) is 2.03. The fourth-order valence-electron chi connectivity index (χ4n) is 2.71. The third-order valence-electron chi connectivity index (χ3n) is 4.12. The van der Waals surface area contributed by atoms with Crippen molar-refractivity contribution in [1.29, 1.82) is 0 Å². The average Bonchev–Trinajstić information content (AvgIpc) is 3.41. The zero-order valence-corrected chi connectivity index (χ0v) is 17.9. The van der Waals surface area contributed by atoms with E-state index in [9.17, 15) is 8.42 Å². The SMILES string of the molecule is CCc1ccc(S(=O)(=O)Nc2ccc(Oc3cc(-n4cccn4)nc(C)n3)cc2)s1. The van der Waals surface area contributed by atoms with Gasteiger partial charge in [0.05, 0.1) is 0 Å². The molecule has 0 aliphatic carbocycles. The van der Waals surface area contributed by atoms with Crippen LogP contribution in [0.1, 0.15) is 17.6 Å². The maximum absolute atomic E-state index is 12.5. The highest BCUT2D eigenvalue weighted by atomic mass is 32.2. The molecule has 0 saturated heterocycles. The van der Waals surface area contributed by atoms with Crippen LogP contribution < -0.4 is 9.46 Å². The van der Waals surface area contributed by atoms with E-state index in [0.717, 1.165) is 11.3 Å². The van der Waals surface area contributed by atoms with Crippen LogP contribution in [0.15, 0.2) is 65.1 Å². The minimum atomic E-state index is -3.61. The Labute approximate surface area is 178 Å². The van der Waals surface area contributed by atoms with Crippen molar-refractivity contribution in [2.45, 2.75) is 24.5 Å². The molecule has 4 rings (SSSR count). The molecule has 4 aromatic rings. The molecule has 0 aliphatic rings. The van der Waals surface area contributed by atoms with Gasteiger partial charge in [0.25, 0.3) is 10.0 Å². The summed E-state index contributed by atoms with van der Waals surface area (Å²) in [7, 11) is -3.61. The number of thiophene rings is 1. The molecule has 0 fully saturated rings. The van der Waals surface area contributed by atoms with E-state index in [1.807, 2.05) is 13.0 Å². The van der Waals surface area contributed by atoms with Crippen molar-refractivity contribution < 1.29 is 13.2 Å². The molecule has 0 aliphatic heterocycles. The summed E-state index contributed by atoms with van der Waals surface area (Å²) in [4.78, 5) is 9.65. The van der Waals surface area contributed by atoms with Crippen molar-refractivity contribution in [3.63, 3.8) is 0 Å². The highest BCUT2D eigenvalue weighted by Crippen LogP contribution is 2.27. The summed E-state index contributed by atoms with van der Waals surface area (Å²) < 4.78 is 35.4. The van der Waals surface area contributed by atoms with Crippen LogP contribution in [0.5, 0.6) is 11.6 Å². The van der Waals surface area contributed by atoms with Crippen LogP contribution >= 0.6 is 11.3 Å². The molecule has 0 unspecified atom stereocenters. The molecule has 3 heterocycles. The zero-order chi connectivity index (χ0) is 21.1. The number of rotatable bonds is 7. The Bertz CT molecular complexity index is 1250. The van der Waals surface area contributed by atoms with Gasteiger partial charge in [-0.2, -0.15) is 10.1 Å². The number of ether oxygens (including phenoxy) is 1. The highest BCUT2D eigenvalue weighted by molar-refractivity contribution is 7.94. The number of hydrogen-bond acceptors (Lipinski definition) is 7. The van der Waals surface area contributed by atoms with Crippen molar-refractivity contribution in [2.75, 3.05) is 4.72 Å². The van der Waals surface area contributed by atoms with Gasteiger partial charge >= 0.3 is 0 Å². The minimum Gasteiger partial charge on any atom is -0.439 e. The molecule has 0 amide bonds. The van der Waals surface area contributed by atoms with Gasteiger partial charge in [-0.25, -0.2) is 18.1 Å². The van der Waals surface area contributed by atoms with Gasteiger partial charge in [-0.3, -0.25) is 4.72 Å². The predicted octanol–water partition coefficient (Wildman–Crippen LogP) is 4.19. The third-order valence-corrected chi connectivity index (χ3v) is 7.22. The topological polar surface area (TPSA) is 99.0 Å². The smallest absolute Gasteiger partial charge is 0.271 e. The Kier molecular flexibility index (Phi) is 5.51. The molecule has 8 nitrogen and oxygen atoms in total. The molecule has 0 radical (unpaired) electrons. The third kappa shape index (κ3) is 4.50. The van der Waals surface area contributed by atoms with Crippen molar-refractivity contribution in [3.05, 3.63) is 71.6 Å². The second-order valence-corrected chi connectivity index (χ2v) is 9.45. The van der Waals surface area contributed by atoms with Gasteiger partial charge in [-0.15, -0.1) is 11.3 Å². The monoisotopic (exact) mass is 441 g/mol. The predicted molar refractivity (Wildman–Crippen MR) is 115 cm³/mol. The fourth-order valence-corrected chi connectivity index (χ4v) is 5.06. The number of anilines is 1. The molecule has 0 atom stereocenters. The lowest BCUT2D eigenvalue weighted by atomic mass is 10.3. The molecule has 3 aromatic heterocycles. The Balaban J connectivity index is 1.49. The zero-order valence-electron chi connectivity index (χ0n) is 16.3. The van der Waals surface area contributed by atoms with E-state index < -0.39 is 10.0 Å².